The summed E-state index contributed by atoms with van der Waals surface area (Å²) in [4.78, 5) is 2.75. The highest BCUT2D eigenvalue weighted by Gasteiger charge is 2.56. The maximum atomic E-state index is 12.6. The summed E-state index contributed by atoms with van der Waals surface area (Å²) in [5.74, 6) is -4.09. The molecule has 1 aromatic heterocycles. The summed E-state index contributed by atoms with van der Waals surface area (Å²) in [6, 6.07) is 0. The maximum absolute atomic E-state index is 12.6. The first-order chi connectivity index (χ1) is 7.78. The number of hydrogen-bond acceptors (Lipinski definition) is 0. The Balaban J connectivity index is 2.51. The van der Waals surface area contributed by atoms with Crippen molar-refractivity contribution in [1.29, 1.82) is 0 Å². The molecule has 0 aliphatic carbocycles. The number of aromatic amines is 1. The number of H-pyrrole nitrogens is 1. The van der Waals surface area contributed by atoms with Gasteiger partial charge in [-0.3, -0.25) is 0 Å². The van der Waals surface area contributed by atoms with Crippen molar-refractivity contribution in [3.63, 3.8) is 0 Å². The van der Waals surface area contributed by atoms with Crippen LogP contribution in [0.2, 0.25) is 0 Å². The van der Waals surface area contributed by atoms with Crippen molar-refractivity contribution in [2.75, 3.05) is 0 Å². The first-order valence-electron chi connectivity index (χ1n) is 4.92. The van der Waals surface area contributed by atoms with Gasteiger partial charge in [0.2, 0.25) is 0 Å². The van der Waals surface area contributed by atoms with Crippen molar-refractivity contribution >= 4 is 6.20 Å². The molecule has 0 aliphatic rings. The minimum absolute atomic E-state index is 0.102. The van der Waals surface area contributed by atoms with Crippen molar-refractivity contribution < 1.29 is 26.5 Å². The summed E-state index contributed by atoms with van der Waals surface area (Å²) in [5.41, 5.74) is 0. The van der Waals surface area contributed by atoms with E-state index in [0.29, 0.717) is 5.82 Å². The van der Waals surface area contributed by atoms with Gasteiger partial charge in [-0.05, 0) is 6.42 Å². The first-order valence-corrected chi connectivity index (χ1v) is 4.92. The second-order valence-corrected chi connectivity index (χ2v) is 3.55. The van der Waals surface area contributed by atoms with E-state index in [4.69, 9.17) is 0 Å². The van der Waals surface area contributed by atoms with Crippen LogP contribution >= 0.6 is 0 Å². The predicted molar refractivity (Wildman–Crippen MR) is 51.3 cm³/mol. The Hall–Kier alpha value is -1.40. The molecule has 0 aromatic carbocycles. The fourth-order valence-corrected chi connectivity index (χ4v) is 1.37. The van der Waals surface area contributed by atoms with Crippen LogP contribution in [0.4, 0.5) is 22.0 Å². The lowest BCUT2D eigenvalue weighted by Crippen LogP contribution is -2.36. The van der Waals surface area contributed by atoms with Crippen LogP contribution in [0.1, 0.15) is 18.7 Å². The molecule has 96 valence electrons. The minimum Gasteiger partial charge on any atom is -0.247 e. The lowest BCUT2D eigenvalue weighted by Gasteiger charge is -2.18. The van der Waals surface area contributed by atoms with Gasteiger partial charge in [-0.15, -0.1) is 0 Å². The van der Waals surface area contributed by atoms with Crippen molar-refractivity contribution in [1.82, 2.24) is 4.98 Å². The van der Waals surface area contributed by atoms with Gasteiger partial charge in [0, 0.05) is 12.8 Å². The summed E-state index contributed by atoms with van der Waals surface area (Å²) in [6.07, 6.45) is -2.26. The molecule has 2 nitrogen and oxygen atoms in total. The molecule has 0 saturated heterocycles. The number of nitrogens with zero attached hydrogens (tertiary/aromatic N) is 1. The molecule has 0 fully saturated rings. The van der Waals surface area contributed by atoms with E-state index in [1.54, 1.807) is 12.4 Å². The normalized spacial score (nSPS) is 12.8. The van der Waals surface area contributed by atoms with Crippen molar-refractivity contribution in [3.8, 4) is 0 Å². The number of hydrogen-bond donors (Lipinski definition) is 1. The van der Waals surface area contributed by atoms with Crippen LogP contribution < -0.4 is 4.57 Å². The van der Waals surface area contributed by atoms with E-state index >= 15 is 0 Å². The molecule has 0 saturated carbocycles. The average molecular weight is 255 g/mol. The molecule has 0 radical (unpaired) electrons. The molecule has 0 bridgehead atoms. The monoisotopic (exact) mass is 255 g/mol. The van der Waals surface area contributed by atoms with Gasteiger partial charge < -0.3 is 0 Å². The van der Waals surface area contributed by atoms with Gasteiger partial charge in [0.25, 0.3) is 5.82 Å². The zero-order chi connectivity index (χ0) is 13.1. The second-order valence-electron chi connectivity index (χ2n) is 3.55. The molecular weight excluding hydrogens is 243 g/mol. The summed E-state index contributed by atoms with van der Waals surface area (Å²) in [5, 5.41) is 0. The van der Waals surface area contributed by atoms with Crippen LogP contribution in [-0.4, -0.2) is 17.1 Å². The zero-order valence-electron chi connectivity index (χ0n) is 8.90. The lowest BCUT2D eigenvalue weighted by atomic mass is 10.1. The standard InChI is InChI=1S/C10H11F5N2/c1-2-17-7-6-16-8(17)4-3-5-9(11,12)10(13,14)15/h2,6-7H,1,3-5H2/p+1. The third-order valence-corrected chi connectivity index (χ3v) is 2.31. The molecular formula is C10H12F5N2+. The van der Waals surface area contributed by atoms with E-state index in [1.807, 2.05) is 0 Å². The van der Waals surface area contributed by atoms with Crippen LogP contribution in [0, 0.1) is 0 Å². The molecule has 0 amide bonds. The highest BCUT2D eigenvalue weighted by atomic mass is 19.4. The Bertz CT molecular complexity index is 380. The predicted octanol–water partition coefficient (Wildman–Crippen LogP) is 2.92. The third kappa shape index (κ3) is 3.28. The molecule has 1 rings (SSSR count). The van der Waals surface area contributed by atoms with Crippen molar-refractivity contribution in [2.45, 2.75) is 31.4 Å². The summed E-state index contributed by atoms with van der Waals surface area (Å²) >= 11 is 0. The number of halogens is 5. The molecule has 7 heteroatoms. The van der Waals surface area contributed by atoms with Gasteiger partial charge in [0.05, 0.1) is 6.20 Å². The number of aryl methyl sites for hydroxylation is 1. The quantitative estimate of drug-likeness (QED) is 0.616. The molecule has 0 aliphatic heterocycles. The average Bonchev–Trinajstić information content (AvgIpc) is 2.63. The minimum atomic E-state index is -5.48. The molecule has 1 N–H and O–H groups in total. The first kappa shape index (κ1) is 13.7. The van der Waals surface area contributed by atoms with E-state index < -0.39 is 18.5 Å². The van der Waals surface area contributed by atoms with Crippen LogP contribution in [0.3, 0.4) is 0 Å². The van der Waals surface area contributed by atoms with Crippen LogP contribution in [0.15, 0.2) is 19.0 Å². The van der Waals surface area contributed by atoms with Gasteiger partial charge in [0.15, 0.2) is 0 Å². The van der Waals surface area contributed by atoms with E-state index in [-0.39, 0.29) is 12.8 Å². The molecule has 0 unspecified atom stereocenters. The van der Waals surface area contributed by atoms with E-state index in [0.717, 1.165) is 0 Å². The van der Waals surface area contributed by atoms with Crippen LogP contribution in [0.25, 0.3) is 6.20 Å². The molecule has 1 aromatic rings. The Morgan fingerprint density at radius 3 is 2.47 bits per heavy atom. The van der Waals surface area contributed by atoms with Gasteiger partial charge in [-0.25, -0.2) is 9.55 Å². The number of alkyl halides is 5. The number of rotatable bonds is 5. The number of nitrogens with one attached hydrogen (secondary N) is 1. The van der Waals surface area contributed by atoms with Gasteiger partial charge in [-0.1, -0.05) is 6.58 Å². The highest BCUT2D eigenvalue weighted by Crippen LogP contribution is 2.38. The molecule has 0 atom stereocenters. The van der Waals surface area contributed by atoms with E-state index in [9.17, 15) is 22.0 Å². The highest BCUT2D eigenvalue weighted by molar-refractivity contribution is 4.98. The largest absolute Gasteiger partial charge is 0.453 e. The van der Waals surface area contributed by atoms with Crippen molar-refractivity contribution in [2.24, 2.45) is 0 Å². The smallest absolute Gasteiger partial charge is 0.247 e. The van der Waals surface area contributed by atoms with Gasteiger partial charge in [0.1, 0.15) is 12.4 Å². The fourth-order valence-electron chi connectivity index (χ4n) is 1.37. The fraction of sp³-hybridized carbons (Fsp3) is 0.500. The molecule has 17 heavy (non-hydrogen) atoms. The Morgan fingerprint density at radius 1 is 1.29 bits per heavy atom. The van der Waals surface area contributed by atoms with Crippen molar-refractivity contribution in [3.05, 3.63) is 24.8 Å². The molecule has 1 heterocycles. The lowest BCUT2D eigenvalue weighted by molar-refractivity contribution is -0.575. The Kier molecular flexibility index (Phi) is 3.90. The zero-order valence-corrected chi connectivity index (χ0v) is 8.90. The summed E-state index contributed by atoms with van der Waals surface area (Å²) in [6.45, 7) is 3.47. The Labute approximate surface area is 94.8 Å². The Morgan fingerprint density at radius 2 is 1.94 bits per heavy atom. The summed E-state index contributed by atoms with van der Waals surface area (Å²) < 4.78 is 62.3. The number of aromatic nitrogens is 2. The van der Waals surface area contributed by atoms with Gasteiger partial charge in [-0.2, -0.15) is 22.0 Å². The number of imidazole rings is 1. The van der Waals surface area contributed by atoms with Crippen LogP contribution in [-0.2, 0) is 6.42 Å². The van der Waals surface area contributed by atoms with Crippen LogP contribution in [0.5, 0.6) is 0 Å². The maximum Gasteiger partial charge on any atom is 0.453 e. The van der Waals surface area contributed by atoms with Gasteiger partial charge >= 0.3 is 12.1 Å². The second kappa shape index (κ2) is 4.85. The third-order valence-electron chi connectivity index (χ3n) is 2.31. The van der Waals surface area contributed by atoms with E-state index in [1.165, 1.54) is 10.8 Å². The topological polar surface area (TPSA) is 19.7 Å². The molecule has 0 spiro atoms. The SMILES string of the molecule is C=C[n+]1cc[nH]c1CCCC(F)(F)C(F)(F)F. The summed E-state index contributed by atoms with van der Waals surface area (Å²) in [7, 11) is 0. The van der Waals surface area contributed by atoms with E-state index in [2.05, 4.69) is 11.6 Å².